The van der Waals surface area contributed by atoms with Gasteiger partial charge in [0.1, 0.15) is 0 Å². The summed E-state index contributed by atoms with van der Waals surface area (Å²) in [5, 5.41) is 1.32. The first kappa shape index (κ1) is 15.6. The summed E-state index contributed by atoms with van der Waals surface area (Å²) in [6.45, 7) is 1.30. The average molecular weight is 372 g/mol. The summed E-state index contributed by atoms with van der Waals surface area (Å²) in [5.41, 5.74) is 0.915. The lowest BCUT2D eigenvalue weighted by Crippen LogP contribution is -2.37. The highest BCUT2D eigenvalue weighted by atomic mass is 35.5. The van der Waals surface area contributed by atoms with E-state index in [4.69, 9.17) is 11.6 Å². The Balaban J connectivity index is 1.67. The molecule has 0 spiro atoms. The summed E-state index contributed by atoms with van der Waals surface area (Å²) in [4.78, 5) is 8.83. The van der Waals surface area contributed by atoms with Gasteiger partial charge in [0.05, 0.1) is 21.2 Å². The molecule has 4 rings (SSSR count). The van der Waals surface area contributed by atoms with Crippen molar-refractivity contribution >= 4 is 48.1 Å². The summed E-state index contributed by atoms with van der Waals surface area (Å²) in [6.07, 6.45) is 0. The number of sulfone groups is 1. The molecular formula is C15H18ClN3O2S2. The normalized spacial score (nSPS) is 29.6. The van der Waals surface area contributed by atoms with Crippen LogP contribution in [0.2, 0.25) is 5.02 Å². The molecule has 124 valence electrons. The van der Waals surface area contributed by atoms with Crippen molar-refractivity contribution in [3.05, 3.63) is 23.2 Å². The van der Waals surface area contributed by atoms with Crippen LogP contribution in [0.5, 0.6) is 0 Å². The molecule has 2 saturated heterocycles. The van der Waals surface area contributed by atoms with Gasteiger partial charge in [-0.15, -0.1) is 0 Å². The van der Waals surface area contributed by atoms with Crippen LogP contribution in [0.25, 0.3) is 10.2 Å². The van der Waals surface area contributed by atoms with Crippen molar-refractivity contribution < 1.29 is 8.42 Å². The Kier molecular flexibility index (Phi) is 3.61. The zero-order valence-corrected chi connectivity index (χ0v) is 15.3. The van der Waals surface area contributed by atoms with Crippen LogP contribution in [-0.2, 0) is 9.84 Å². The number of hydrogen-bond donors (Lipinski definition) is 0. The zero-order chi connectivity index (χ0) is 16.4. The first-order chi connectivity index (χ1) is 10.8. The molecule has 5 nitrogen and oxygen atoms in total. The Morgan fingerprint density at radius 1 is 1.35 bits per heavy atom. The van der Waals surface area contributed by atoms with Crippen molar-refractivity contribution in [3.63, 3.8) is 0 Å². The molecule has 1 aromatic heterocycles. The third kappa shape index (κ3) is 2.54. The highest BCUT2D eigenvalue weighted by molar-refractivity contribution is 7.92. The average Bonchev–Trinajstić information content (AvgIpc) is 3.12. The van der Waals surface area contributed by atoms with E-state index in [2.05, 4.69) is 9.88 Å². The Labute approximate surface area is 144 Å². The fourth-order valence-electron chi connectivity index (χ4n) is 3.74. The maximum Gasteiger partial charge on any atom is 0.186 e. The van der Waals surface area contributed by atoms with Gasteiger partial charge in [-0.1, -0.05) is 22.9 Å². The molecule has 3 atom stereocenters. The van der Waals surface area contributed by atoms with Gasteiger partial charge in [-0.2, -0.15) is 0 Å². The predicted octanol–water partition coefficient (Wildman–Crippen LogP) is 2.11. The molecule has 2 aliphatic heterocycles. The van der Waals surface area contributed by atoms with Crippen molar-refractivity contribution in [3.8, 4) is 0 Å². The number of hydrogen-bond acceptors (Lipinski definition) is 6. The second-order valence-electron chi connectivity index (χ2n) is 6.58. The van der Waals surface area contributed by atoms with Crippen molar-refractivity contribution in [1.29, 1.82) is 0 Å². The summed E-state index contributed by atoms with van der Waals surface area (Å²) in [5.74, 6) is 0.434. The number of halogens is 1. The minimum absolute atomic E-state index is 0.0961. The number of aromatic nitrogens is 1. The molecule has 3 heterocycles. The molecule has 2 fully saturated rings. The van der Waals surface area contributed by atoms with Crippen LogP contribution in [-0.4, -0.2) is 62.5 Å². The maximum absolute atomic E-state index is 12.5. The van der Waals surface area contributed by atoms with Gasteiger partial charge in [-0.3, -0.25) is 0 Å². The van der Waals surface area contributed by atoms with Crippen molar-refractivity contribution in [2.24, 2.45) is 5.92 Å². The quantitative estimate of drug-likeness (QED) is 0.809. The molecule has 0 N–H and O–H groups in total. The number of anilines is 1. The lowest BCUT2D eigenvalue weighted by Gasteiger charge is -2.24. The Morgan fingerprint density at radius 2 is 2.13 bits per heavy atom. The van der Waals surface area contributed by atoms with Gasteiger partial charge < -0.3 is 9.80 Å². The van der Waals surface area contributed by atoms with Crippen molar-refractivity contribution in [2.45, 2.75) is 11.3 Å². The molecular weight excluding hydrogens is 354 g/mol. The Morgan fingerprint density at radius 3 is 2.87 bits per heavy atom. The fourth-order valence-corrected chi connectivity index (χ4v) is 7.48. The number of thiazole rings is 1. The van der Waals surface area contributed by atoms with E-state index in [9.17, 15) is 8.42 Å². The largest absolute Gasteiger partial charge is 0.346 e. The van der Waals surface area contributed by atoms with Gasteiger partial charge in [0.25, 0.3) is 0 Å². The van der Waals surface area contributed by atoms with E-state index >= 15 is 0 Å². The molecule has 1 aromatic carbocycles. The van der Waals surface area contributed by atoms with Crippen LogP contribution < -0.4 is 4.90 Å². The van der Waals surface area contributed by atoms with Gasteiger partial charge >= 0.3 is 0 Å². The third-order valence-corrected chi connectivity index (χ3v) is 8.48. The highest BCUT2D eigenvalue weighted by Gasteiger charge is 2.53. The highest BCUT2D eigenvalue weighted by Crippen LogP contribution is 2.40. The first-order valence-electron chi connectivity index (χ1n) is 7.54. The number of fused-ring (bicyclic) bond motifs is 2. The molecule has 8 heteroatoms. The molecule has 23 heavy (non-hydrogen) atoms. The van der Waals surface area contributed by atoms with E-state index in [0.29, 0.717) is 11.6 Å². The minimum Gasteiger partial charge on any atom is -0.346 e. The molecule has 0 bridgehead atoms. The van der Waals surface area contributed by atoms with E-state index in [1.165, 1.54) is 0 Å². The number of benzene rings is 1. The van der Waals surface area contributed by atoms with Crippen LogP contribution in [0, 0.1) is 5.92 Å². The van der Waals surface area contributed by atoms with E-state index < -0.39 is 9.84 Å². The van der Waals surface area contributed by atoms with Crippen LogP contribution in [0.4, 0.5) is 5.13 Å². The molecule has 0 unspecified atom stereocenters. The fraction of sp³-hybridized carbons (Fsp3) is 0.533. The summed E-state index contributed by atoms with van der Waals surface area (Å²) < 4.78 is 26.0. The summed E-state index contributed by atoms with van der Waals surface area (Å²) in [6, 6.07) is 5.75. The SMILES string of the molecule is CN(C)[C@@H]1CS(=O)(=O)[C@H]2CN(c3nc4ccc(Cl)cc4s3)C[C@@H]12. The van der Waals surface area contributed by atoms with E-state index in [-0.39, 0.29) is 23.0 Å². The lowest BCUT2D eigenvalue weighted by molar-refractivity contribution is 0.258. The topological polar surface area (TPSA) is 53.5 Å². The summed E-state index contributed by atoms with van der Waals surface area (Å²) in [7, 11) is 0.903. The second kappa shape index (κ2) is 5.31. The third-order valence-electron chi connectivity index (χ3n) is 4.94. The maximum atomic E-state index is 12.5. The van der Waals surface area contributed by atoms with Gasteiger partial charge in [-0.05, 0) is 32.3 Å². The van der Waals surface area contributed by atoms with Crippen LogP contribution in [0.3, 0.4) is 0 Å². The smallest absolute Gasteiger partial charge is 0.186 e. The molecule has 0 aliphatic carbocycles. The van der Waals surface area contributed by atoms with Crippen LogP contribution in [0.15, 0.2) is 18.2 Å². The monoisotopic (exact) mass is 371 g/mol. The van der Waals surface area contributed by atoms with Gasteiger partial charge in [-0.25, -0.2) is 13.4 Å². The van der Waals surface area contributed by atoms with Crippen LogP contribution >= 0.6 is 22.9 Å². The van der Waals surface area contributed by atoms with Crippen molar-refractivity contribution in [2.75, 3.05) is 37.8 Å². The molecule has 0 amide bonds. The standard InChI is InChI=1S/C15H18ClN3O2S2/c1-18(2)12-8-23(20,21)14-7-19(6-10(12)14)15-17-11-4-3-9(16)5-13(11)22-15/h3-5,10,12,14H,6-8H2,1-2H3/t10-,12+,14-/m0/s1. The predicted molar refractivity (Wildman–Crippen MR) is 95.4 cm³/mol. The second-order valence-corrected chi connectivity index (χ2v) is 10.3. The Hall–Kier alpha value is -0.890. The molecule has 2 aliphatic rings. The number of nitrogens with zero attached hydrogens (tertiary/aromatic N) is 3. The van der Waals surface area contributed by atoms with Crippen LogP contribution in [0.1, 0.15) is 0 Å². The van der Waals surface area contributed by atoms with Gasteiger partial charge in [0, 0.05) is 30.1 Å². The number of rotatable bonds is 2. The van der Waals surface area contributed by atoms with Crippen molar-refractivity contribution in [1.82, 2.24) is 9.88 Å². The van der Waals surface area contributed by atoms with E-state index in [0.717, 1.165) is 21.9 Å². The first-order valence-corrected chi connectivity index (χ1v) is 10.5. The Bertz CT molecular complexity index is 865. The lowest BCUT2D eigenvalue weighted by atomic mass is 10.00. The van der Waals surface area contributed by atoms with E-state index in [1.807, 2.05) is 37.2 Å². The summed E-state index contributed by atoms with van der Waals surface area (Å²) >= 11 is 7.62. The molecule has 0 radical (unpaired) electrons. The molecule has 2 aromatic rings. The van der Waals surface area contributed by atoms with E-state index in [1.54, 1.807) is 11.3 Å². The molecule has 0 saturated carbocycles. The zero-order valence-electron chi connectivity index (χ0n) is 12.9. The minimum atomic E-state index is -3.02. The van der Waals surface area contributed by atoms with Gasteiger partial charge in [0.2, 0.25) is 0 Å². The van der Waals surface area contributed by atoms with Gasteiger partial charge in [0.15, 0.2) is 15.0 Å².